The van der Waals surface area contributed by atoms with Gasteiger partial charge < -0.3 is 4.90 Å². The summed E-state index contributed by atoms with van der Waals surface area (Å²) in [7, 11) is 3.50. The van der Waals surface area contributed by atoms with Crippen molar-refractivity contribution in [3.05, 3.63) is 30.3 Å². The second-order valence-electron chi connectivity index (χ2n) is 2.58. The van der Waals surface area contributed by atoms with Gasteiger partial charge in [-0.2, -0.15) is 0 Å². The van der Waals surface area contributed by atoms with E-state index in [0.717, 1.165) is 4.90 Å². The van der Waals surface area contributed by atoms with Gasteiger partial charge in [0.1, 0.15) is 0 Å². The van der Waals surface area contributed by atoms with Crippen molar-refractivity contribution in [3.8, 4) is 0 Å². The van der Waals surface area contributed by atoms with E-state index in [9.17, 15) is 4.79 Å². The van der Waals surface area contributed by atoms with Gasteiger partial charge in [-0.3, -0.25) is 4.79 Å². The molecule has 64 valence electrons. The van der Waals surface area contributed by atoms with Crippen molar-refractivity contribution >= 4 is 17.0 Å². The van der Waals surface area contributed by atoms with Crippen LogP contribution in [-0.2, 0) is 0 Å². The summed E-state index contributed by atoms with van der Waals surface area (Å²) in [6.07, 6.45) is 0. The highest BCUT2D eigenvalue weighted by Crippen LogP contribution is 2.19. The zero-order valence-corrected chi connectivity index (χ0v) is 7.97. The molecule has 0 heterocycles. The smallest absolute Gasteiger partial charge is 0.285 e. The SMILES string of the molecule is CN(C)C(=O)Sc1ccccc1. The Morgan fingerprint density at radius 3 is 2.33 bits per heavy atom. The van der Waals surface area contributed by atoms with Gasteiger partial charge in [0.15, 0.2) is 0 Å². The summed E-state index contributed by atoms with van der Waals surface area (Å²) in [5.74, 6) is 0. The Bertz CT molecular complexity index is 258. The number of thioether (sulfide) groups is 1. The molecule has 0 unspecified atom stereocenters. The van der Waals surface area contributed by atoms with Gasteiger partial charge >= 0.3 is 0 Å². The molecule has 1 aromatic carbocycles. The van der Waals surface area contributed by atoms with Gasteiger partial charge in [0, 0.05) is 19.0 Å². The van der Waals surface area contributed by atoms with Crippen LogP contribution in [0.25, 0.3) is 0 Å². The molecule has 0 N–H and O–H groups in total. The molecular formula is C9H11NOS. The molecule has 1 amide bonds. The number of nitrogens with zero attached hydrogens (tertiary/aromatic N) is 1. The van der Waals surface area contributed by atoms with Crippen LogP contribution in [0, 0.1) is 0 Å². The van der Waals surface area contributed by atoms with Crippen molar-refractivity contribution in [2.75, 3.05) is 14.1 Å². The predicted octanol–water partition coefficient (Wildman–Crippen LogP) is 2.46. The fourth-order valence-corrected chi connectivity index (χ4v) is 1.36. The summed E-state index contributed by atoms with van der Waals surface area (Å²) < 4.78 is 0. The van der Waals surface area contributed by atoms with Crippen LogP contribution in [0.15, 0.2) is 35.2 Å². The Labute approximate surface area is 76.6 Å². The van der Waals surface area contributed by atoms with E-state index >= 15 is 0 Å². The molecular weight excluding hydrogens is 170 g/mol. The summed E-state index contributed by atoms with van der Waals surface area (Å²) >= 11 is 1.24. The van der Waals surface area contributed by atoms with Gasteiger partial charge in [-0.15, -0.1) is 0 Å². The topological polar surface area (TPSA) is 20.3 Å². The molecule has 1 aromatic rings. The standard InChI is InChI=1S/C9H11NOS/c1-10(2)9(11)12-8-6-4-3-5-7-8/h3-7H,1-2H3. The molecule has 0 bridgehead atoms. The summed E-state index contributed by atoms with van der Waals surface area (Å²) in [5.41, 5.74) is 0. The first-order valence-electron chi connectivity index (χ1n) is 3.64. The summed E-state index contributed by atoms with van der Waals surface area (Å²) in [4.78, 5) is 13.8. The van der Waals surface area contributed by atoms with Crippen LogP contribution >= 0.6 is 11.8 Å². The van der Waals surface area contributed by atoms with Gasteiger partial charge in [0.2, 0.25) is 0 Å². The Kier molecular flexibility index (Phi) is 3.17. The third-order valence-corrected chi connectivity index (χ3v) is 2.36. The van der Waals surface area contributed by atoms with Crippen LogP contribution in [0.1, 0.15) is 0 Å². The average Bonchev–Trinajstić information content (AvgIpc) is 2.06. The number of amides is 1. The number of hydrogen-bond acceptors (Lipinski definition) is 2. The number of hydrogen-bond donors (Lipinski definition) is 0. The largest absolute Gasteiger partial charge is 0.339 e. The molecule has 0 saturated heterocycles. The van der Waals surface area contributed by atoms with Crippen molar-refractivity contribution in [1.82, 2.24) is 4.90 Å². The lowest BCUT2D eigenvalue weighted by Gasteiger charge is -2.08. The zero-order valence-electron chi connectivity index (χ0n) is 7.15. The maximum atomic E-state index is 11.2. The maximum Gasteiger partial charge on any atom is 0.285 e. The van der Waals surface area contributed by atoms with Crippen LogP contribution in [0.2, 0.25) is 0 Å². The van der Waals surface area contributed by atoms with E-state index in [-0.39, 0.29) is 5.24 Å². The molecule has 0 aliphatic rings. The number of carbonyl (C=O) groups excluding carboxylic acids is 1. The second kappa shape index (κ2) is 4.16. The molecule has 0 spiro atoms. The minimum Gasteiger partial charge on any atom is -0.339 e. The first-order valence-corrected chi connectivity index (χ1v) is 4.46. The third-order valence-electron chi connectivity index (χ3n) is 1.31. The minimum absolute atomic E-state index is 0.0567. The second-order valence-corrected chi connectivity index (χ2v) is 3.60. The van der Waals surface area contributed by atoms with Crippen molar-refractivity contribution in [2.24, 2.45) is 0 Å². The highest BCUT2D eigenvalue weighted by molar-refractivity contribution is 8.13. The van der Waals surface area contributed by atoms with E-state index in [2.05, 4.69) is 0 Å². The fourth-order valence-electron chi connectivity index (χ4n) is 0.681. The molecule has 0 aliphatic heterocycles. The molecule has 0 saturated carbocycles. The monoisotopic (exact) mass is 181 g/mol. The minimum atomic E-state index is 0.0567. The fraction of sp³-hybridized carbons (Fsp3) is 0.222. The Hall–Kier alpha value is -0.960. The van der Waals surface area contributed by atoms with E-state index in [1.807, 2.05) is 30.3 Å². The zero-order chi connectivity index (χ0) is 8.97. The first-order chi connectivity index (χ1) is 5.70. The van der Waals surface area contributed by atoms with Crippen molar-refractivity contribution in [1.29, 1.82) is 0 Å². The number of rotatable bonds is 1. The summed E-state index contributed by atoms with van der Waals surface area (Å²) in [5, 5.41) is 0.0567. The number of carbonyl (C=O) groups is 1. The molecule has 0 radical (unpaired) electrons. The van der Waals surface area contributed by atoms with Crippen LogP contribution in [-0.4, -0.2) is 24.2 Å². The molecule has 0 aromatic heterocycles. The van der Waals surface area contributed by atoms with Crippen molar-refractivity contribution in [2.45, 2.75) is 4.90 Å². The molecule has 1 rings (SSSR count). The van der Waals surface area contributed by atoms with Gasteiger partial charge in [0.05, 0.1) is 0 Å². The highest BCUT2D eigenvalue weighted by atomic mass is 32.2. The van der Waals surface area contributed by atoms with E-state index in [0.29, 0.717) is 0 Å². The lowest BCUT2D eigenvalue weighted by Crippen LogP contribution is -2.15. The summed E-state index contributed by atoms with van der Waals surface area (Å²) in [6, 6.07) is 9.62. The van der Waals surface area contributed by atoms with E-state index in [4.69, 9.17) is 0 Å². The maximum absolute atomic E-state index is 11.2. The average molecular weight is 181 g/mol. The number of benzene rings is 1. The van der Waals surface area contributed by atoms with E-state index in [1.165, 1.54) is 11.8 Å². The Morgan fingerprint density at radius 2 is 1.83 bits per heavy atom. The molecule has 0 atom stereocenters. The third kappa shape index (κ3) is 2.58. The van der Waals surface area contributed by atoms with Crippen LogP contribution < -0.4 is 0 Å². The molecule has 2 nitrogen and oxygen atoms in total. The first kappa shape index (κ1) is 9.13. The van der Waals surface area contributed by atoms with Crippen molar-refractivity contribution in [3.63, 3.8) is 0 Å². The quantitative estimate of drug-likeness (QED) is 0.620. The van der Waals surface area contributed by atoms with Crippen LogP contribution in [0.4, 0.5) is 4.79 Å². The van der Waals surface area contributed by atoms with Gasteiger partial charge in [-0.05, 0) is 23.9 Å². The normalized spacial score (nSPS) is 9.50. The molecule has 3 heteroatoms. The lowest BCUT2D eigenvalue weighted by molar-refractivity contribution is 0.241. The summed E-state index contributed by atoms with van der Waals surface area (Å²) in [6.45, 7) is 0. The van der Waals surface area contributed by atoms with Gasteiger partial charge in [-0.25, -0.2) is 0 Å². The van der Waals surface area contributed by atoms with Crippen LogP contribution in [0.5, 0.6) is 0 Å². The highest BCUT2D eigenvalue weighted by Gasteiger charge is 2.04. The van der Waals surface area contributed by atoms with Crippen LogP contribution in [0.3, 0.4) is 0 Å². The van der Waals surface area contributed by atoms with Gasteiger partial charge in [-0.1, -0.05) is 18.2 Å². The molecule has 0 aliphatic carbocycles. The van der Waals surface area contributed by atoms with E-state index in [1.54, 1.807) is 19.0 Å². The van der Waals surface area contributed by atoms with Gasteiger partial charge in [0.25, 0.3) is 5.24 Å². The Balaban J connectivity index is 2.59. The lowest BCUT2D eigenvalue weighted by atomic mass is 10.4. The van der Waals surface area contributed by atoms with E-state index < -0.39 is 0 Å². The molecule has 0 fully saturated rings. The molecule has 12 heavy (non-hydrogen) atoms. The van der Waals surface area contributed by atoms with Crippen molar-refractivity contribution < 1.29 is 4.79 Å². The Morgan fingerprint density at radius 1 is 1.25 bits per heavy atom. The predicted molar refractivity (Wildman–Crippen MR) is 51.4 cm³/mol.